The Morgan fingerprint density at radius 3 is 2.57 bits per heavy atom. The predicted octanol–water partition coefficient (Wildman–Crippen LogP) is 2.06. The molecule has 21 heavy (non-hydrogen) atoms. The van der Waals surface area contributed by atoms with E-state index in [1.54, 1.807) is 31.4 Å². The molecule has 8 nitrogen and oxygen atoms in total. The minimum atomic E-state index is -0.528. The van der Waals surface area contributed by atoms with Crippen LogP contribution in [0.25, 0.3) is 0 Å². The second-order valence-electron chi connectivity index (χ2n) is 3.98. The number of rotatable bonds is 4. The molecule has 0 fully saturated rings. The van der Waals surface area contributed by atoms with Gasteiger partial charge in [0.1, 0.15) is 11.9 Å². The second-order valence-corrected chi connectivity index (χ2v) is 3.98. The zero-order chi connectivity index (χ0) is 15.2. The van der Waals surface area contributed by atoms with E-state index in [1.165, 1.54) is 12.1 Å². The van der Waals surface area contributed by atoms with E-state index in [-0.39, 0.29) is 17.5 Å². The highest BCUT2D eigenvalue weighted by molar-refractivity contribution is 5.93. The summed E-state index contributed by atoms with van der Waals surface area (Å²) in [6.07, 6.45) is 1.12. The van der Waals surface area contributed by atoms with Crippen LogP contribution in [-0.4, -0.2) is 23.0 Å². The number of aromatic nitrogens is 1. The number of methoxy groups -OCH3 is 1. The standard InChI is InChI=1S/C13H13N5O3/c1-21-11-5-2-9(3-6-11)16-13(14)17-12-7-4-10(8-15-12)18(19)20/h2-8H,1H3,(H3,14,15,16,17). The van der Waals surface area contributed by atoms with E-state index in [4.69, 9.17) is 10.5 Å². The van der Waals surface area contributed by atoms with E-state index in [1.807, 2.05) is 0 Å². The Labute approximate surface area is 120 Å². The van der Waals surface area contributed by atoms with Gasteiger partial charge in [0.15, 0.2) is 11.8 Å². The lowest BCUT2D eigenvalue weighted by Crippen LogP contribution is -2.21. The Balaban J connectivity index is 2.07. The third-order valence-electron chi connectivity index (χ3n) is 2.54. The molecule has 0 aliphatic carbocycles. The number of nitro groups is 1. The van der Waals surface area contributed by atoms with Gasteiger partial charge in [-0.1, -0.05) is 0 Å². The fourth-order valence-corrected chi connectivity index (χ4v) is 1.53. The number of guanidine groups is 1. The maximum Gasteiger partial charge on any atom is 0.287 e. The first kappa shape index (κ1) is 14.3. The minimum absolute atomic E-state index is 0.101. The Kier molecular flexibility index (Phi) is 4.30. The quantitative estimate of drug-likeness (QED) is 0.385. The summed E-state index contributed by atoms with van der Waals surface area (Å²) >= 11 is 0. The van der Waals surface area contributed by atoms with Crippen LogP contribution in [0.3, 0.4) is 0 Å². The Bertz CT molecular complexity index is 653. The number of nitrogens with one attached hydrogen (secondary N) is 1. The average Bonchev–Trinajstić information content (AvgIpc) is 2.48. The molecule has 2 rings (SSSR count). The van der Waals surface area contributed by atoms with Gasteiger partial charge in [0.05, 0.1) is 12.0 Å². The van der Waals surface area contributed by atoms with Crippen molar-refractivity contribution in [2.45, 2.75) is 0 Å². The van der Waals surface area contributed by atoms with Crippen molar-refractivity contribution >= 4 is 23.2 Å². The summed E-state index contributed by atoms with van der Waals surface area (Å²) in [5, 5.41) is 13.4. The molecule has 0 atom stereocenters. The van der Waals surface area contributed by atoms with Gasteiger partial charge in [-0.05, 0) is 30.3 Å². The maximum absolute atomic E-state index is 10.5. The highest BCUT2D eigenvalue weighted by atomic mass is 16.6. The van der Waals surface area contributed by atoms with E-state index in [2.05, 4.69) is 15.3 Å². The molecule has 0 saturated heterocycles. The number of aliphatic imine (C=N–C) groups is 1. The molecule has 0 amide bonds. The van der Waals surface area contributed by atoms with Gasteiger partial charge in [0, 0.05) is 11.8 Å². The SMILES string of the molecule is COc1ccc(NC(N)=Nc2ccc([N+](=O)[O-])cn2)cc1. The summed E-state index contributed by atoms with van der Waals surface area (Å²) < 4.78 is 5.05. The van der Waals surface area contributed by atoms with Crippen LogP contribution in [0.2, 0.25) is 0 Å². The maximum atomic E-state index is 10.5. The number of nitrogens with two attached hydrogens (primary N) is 1. The molecule has 0 aliphatic heterocycles. The molecule has 1 aromatic heterocycles. The fraction of sp³-hybridized carbons (Fsp3) is 0.0769. The van der Waals surface area contributed by atoms with Crippen LogP contribution >= 0.6 is 0 Å². The molecule has 3 N–H and O–H groups in total. The number of ether oxygens (including phenoxy) is 1. The number of nitrogens with zero attached hydrogens (tertiary/aromatic N) is 3. The molecule has 1 aromatic carbocycles. The topological polar surface area (TPSA) is 116 Å². The normalized spacial score (nSPS) is 11.0. The average molecular weight is 287 g/mol. The molecule has 0 spiro atoms. The van der Waals surface area contributed by atoms with Gasteiger partial charge in [-0.3, -0.25) is 10.1 Å². The molecule has 0 aliphatic rings. The van der Waals surface area contributed by atoms with Gasteiger partial charge < -0.3 is 15.8 Å². The Morgan fingerprint density at radius 1 is 1.33 bits per heavy atom. The van der Waals surface area contributed by atoms with E-state index >= 15 is 0 Å². The van der Waals surface area contributed by atoms with Crippen molar-refractivity contribution in [2.24, 2.45) is 10.7 Å². The van der Waals surface area contributed by atoms with Gasteiger partial charge in [-0.2, -0.15) is 4.99 Å². The Hall–Kier alpha value is -3.16. The predicted molar refractivity (Wildman–Crippen MR) is 78.8 cm³/mol. The van der Waals surface area contributed by atoms with Crippen LogP contribution < -0.4 is 15.8 Å². The van der Waals surface area contributed by atoms with Gasteiger partial charge >= 0.3 is 0 Å². The number of benzene rings is 1. The molecule has 1 heterocycles. The van der Waals surface area contributed by atoms with Gasteiger partial charge in [-0.25, -0.2) is 4.98 Å². The van der Waals surface area contributed by atoms with Crippen LogP contribution in [-0.2, 0) is 0 Å². The van der Waals surface area contributed by atoms with E-state index in [0.717, 1.165) is 17.6 Å². The van der Waals surface area contributed by atoms with Crippen molar-refractivity contribution in [1.82, 2.24) is 4.98 Å². The lowest BCUT2D eigenvalue weighted by Gasteiger charge is -2.06. The van der Waals surface area contributed by atoms with Crippen molar-refractivity contribution in [3.63, 3.8) is 0 Å². The van der Waals surface area contributed by atoms with Crippen molar-refractivity contribution < 1.29 is 9.66 Å². The largest absolute Gasteiger partial charge is 0.497 e. The fourth-order valence-electron chi connectivity index (χ4n) is 1.53. The molecule has 0 unspecified atom stereocenters. The highest BCUT2D eigenvalue weighted by Crippen LogP contribution is 2.16. The number of pyridine rings is 1. The van der Waals surface area contributed by atoms with Gasteiger partial charge in [0.2, 0.25) is 0 Å². The monoisotopic (exact) mass is 287 g/mol. The van der Waals surface area contributed by atoms with Crippen molar-refractivity contribution in [3.8, 4) is 5.75 Å². The third-order valence-corrected chi connectivity index (χ3v) is 2.54. The second kappa shape index (κ2) is 6.33. The van der Waals surface area contributed by atoms with E-state index in [0.29, 0.717) is 0 Å². The molecular formula is C13H13N5O3. The summed E-state index contributed by atoms with van der Waals surface area (Å²) in [5.74, 6) is 1.13. The van der Waals surface area contributed by atoms with Crippen LogP contribution in [0.4, 0.5) is 17.2 Å². The third kappa shape index (κ3) is 3.90. The first-order valence-electron chi connectivity index (χ1n) is 5.94. The minimum Gasteiger partial charge on any atom is -0.497 e. The molecule has 0 saturated carbocycles. The number of anilines is 1. The first-order valence-corrected chi connectivity index (χ1v) is 5.94. The molecule has 8 heteroatoms. The number of hydrogen-bond donors (Lipinski definition) is 2. The smallest absolute Gasteiger partial charge is 0.287 e. The van der Waals surface area contributed by atoms with Crippen molar-refractivity contribution in [3.05, 3.63) is 52.7 Å². The lowest BCUT2D eigenvalue weighted by atomic mass is 10.3. The summed E-state index contributed by atoms with van der Waals surface area (Å²) in [7, 11) is 1.58. The van der Waals surface area contributed by atoms with E-state index < -0.39 is 4.92 Å². The lowest BCUT2D eigenvalue weighted by molar-refractivity contribution is -0.385. The highest BCUT2D eigenvalue weighted by Gasteiger charge is 2.05. The van der Waals surface area contributed by atoms with Gasteiger partial charge in [-0.15, -0.1) is 0 Å². The molecule has 108 valence electrons. The molecular weight excluding hydrogens is 274 g/mol. The first-order chi connectivity index (χ1) is 10.1. The molecule has 2 aromatic rings. The number of hydrogen-bond acceptors (Lipinski definition) is 5. The Morgan fingerprint density at radius 2 is 2.05 bits per heavy atom. The summed E-state index contributed by atoms with van der Waals surface area (Å²) in [6, 6.07) is 9.85. The van der Waals surface area contributed by atoms with Crippen LogP contribution in [0.1, 0.15) is 0 Å². The molecule has 0 bridgehead atoms. The van der Waals surface area contributed by atoms with Crippen LogP contribution in [0.15, 0.2) is 47.6 Å². The zero-order valence-electron chi connectivity index (χ0n) is 11.2. The zero-order valence-corrected chi connectivity index (χ0v) is 11.2. The van der Waals surface area contributed by atoms with Gasteiger partial charge in [0.25, 0.3) is 5.69 Å². The van der Waals surface area contributed by atoms with E-state index in [9.17, 15) is 10.1 Å². The van der Waals surface area contributed by atoms with Crippen molar-refractivity contribution in [1.29, 1.82) is 0 Å². The molecule has 0 radical (unpaired) electrons. The summed E-state index contributed by atoms with van der Waals surface area (Å²) in [5.41, 5.74) is 6.37. The summed E-state index contributed by atoms with van der Waals surface area (Å²) in [6.45, 7) is 0. The van der Waals surface area contributed by atoms with Crippen molar-refractivity contribution in [2.75, 3.05) is 12.4 Å². The van der Waals surface area contributed by atoms with Crippen LogP contribution in [0, 0.1) is 10.1 Å². The van der Waals surface area contributed by atoms with Crippen LogP contribution in [0.5, 0.6) is 5.75 Å². The summed E-state index contributed by atoms with van der Waals surface area (Å²) in [4.78, 5) is 17.8.